The molecular weight excluding hydrogens is 439 g/mol. The molecule has 4 heterocycles. The molecule has 1 aromatic carbocycles. The molecule has 1 atom stereocenters. The summed E-state index contributed by atoms with van der Waals surface area (Å²) in [5, 5.41) is 22.4. The fourth-order valence-electron chi connectivity index (χ4n) is 4.47. The van der Waals surface area contributed by atoms with Crippen LogP contribution in [0.1, 0.15) is 32.3 Å². The van der Waals surface area contributed by atoms with Crippen LogP contribution in [0.3, 0.4) is 0 Å². The summed E-state index contributed by atoms with van der Waals surface area (Å²) in [6, 6.07) is 5.47. The van der Waals surface area contributed by atoms with Crippen molar-refractivity contribution in [3.63, 3.8) is 0 Å². The van der Waals surface area contributed by atoms with Gasteiger partial charge in [-0.15, -0.1) is 10.0 Å². The summed E-state index contributed by atoms with van der Waals surface area (Å²) in [4.78, 5) is 20.8. The molecular formula is C21H23F3N7O2+. The van der Waals surface area contributed by atoms with Gasteiger partial charge in [0.05, 0.1) is 24.7 Å². The Morgan fingerprint density at radius 3 is 2.67 bits per heavy atom. The van der Waals surface area contributed by atoms with Crippen LogP contribution in [0.15, 0.2) is 45.7 Å². The van der Waals surface area contributed by atoms with E-state index in [1.54, 1.807) is 17.3 Å². The summed E-state index contributed by atoms with van der Waals surface area (Å²) in [6.07, 6.45) is -0.956. The molecule has 3 N–H and O–H groups in total. The number of quaternary nitrogens is 1. The molecule has 174 valence electrons. The maximum absolute atomic E-state index is 13.2. The van der Waals surface area contributed by atoms with Gasteiger partial charge in [0.15, 0.2) is 11.8 Å². The van der Waals surface area contributed by atoms with Crippen molar-refractivity contribution in [2.45, 2.75) is 43.9 Å². The van der Waals surface area contributed by atoms with E-state index in [4.69, 9.17) is 0 Å². The maximum atomic E-state index is 13.2. The molecule has 33 heavy (non-hydrogen) atoms. The highest BCUT2D eigenvalue weighted by atomic mass is 19.4. The lowest BCUT2D eigenvalue weighted by Crippen LogP contribution is -2.63. The van der Waals surface area contributed by atoms with Gasteiger partial charge >= 0.3 is 12.0 Å². The number of amides is 1. The number of carbonyl (C=O) groups is 1. The van der Waals surface area contributed by atoms with Gasteiger partial charge in [-0.05, 0) is 41.3 Å². The molecule has 0 saturated carbocycles. The molecule has 1 saturated heterocycles. The third kappa shape index (κ3) is 3.28. The zero-order valence-electron chi connectivity index (χ0n) is 18.0. The molecule has 4 aliphatic rings. The minimum Gasteiger partial charge on any atom is -0.380 e. The molecule has 12 heteroatoms. The second-order valence-corrected chi connectivity index (χ2v) is 9.07. The van der Waals surface area contributed by atoms with Crippen molar-refractivity contribution >= 4 is 35.3 Å². The summed E-state index contributed by atoms with van der Waals surface area (Å²) in [6.45, 7) is 3.63. The van der Waals surface area contributed by atoms with Crippen LogP contribution in [0.5, 0.6) is 0 Å². The molecule has 0 aromatic heterocycles. The van der Waals surface area contributed by atoms with Crippen LogP contribution < -0.4 is 10.6 Å². The molecule has 1 unspecified atom stereocenters. The molecule has 5 rings (SSSR count). The minimum absolute atomic E-state index is 0.0377. The van der Waals surface area contributed by atoms with E-state index in [1.807, 2.05) is 26.0 Å². The predicted molar refractivity (Wildman–Crippen MR) is 116 cm³/mol. The van der Waals surface area contributed by atoms with Gasteiger partial charge in [0.25, 0.3) is 5.96 Å². The third-order valence-electron chi connectivity index (χ3n) is 6.65. The zero-order chi connectivity index (χ0) is 23.6. The Morgan fingerprint density at radius 1 is 1.24 bits per heavy atom. The van der Waals surface area contributed by atoms with E-state index in [1.165, 1.54) is 12.4 Å². The number of nitrogens with one attached hydrogen (secondary N) is 2. The molecule has 1 aromatic rings. The lowest BCUT2D eigenvalue weighted by Gasteiger charge is -2.42. The van der Waals surface area contributed by atoms with Crippen molar-refractivity contribution in [1.82, 2.24) is 5.01 Å². The van der Waals surface area contributed by atoms with E-state index in [-0.39, 0.29) is 29.7 Å². The normalized spacial score (nSPS) is 27.5. The van der Waals surface area contributed by atoms with Gasteiger partial charge in [-0.25, -0.2) is 0 Å². The number of anilines is 2. The summed E-state index contributed by atoms with van der Waals surface area (Å²) in [7, 11) is 0. The first-order chi connectivity index (χ1) is 15.4. The molecule has 0 radical (unpaired) electrons. The van der Waals surface area contributed by atoms with Crippen LogP contribution in [0.25, 0.3) is 0 Å². The number of guanidine groups is 1. The van der Waals surface area contributed by atoms with Crippen molar-refractivity contribution in [1.29, 1.82) is 0 Å². The molecule has 1 fully saturated rings. The molecule has 4 aliphatic heterocycles. The number of benzene rings is 1. The first-order valence-corrected chi connectivity index (χ1v) is 10.5. The number of rotatable bonds is 2. The van der Waals surface area contributed by atoms with Crippen LogP contribution in [0, 0.1) is 0 Å². The number of hydrogen-bond acceptors (Lipinski definition) is 7. The number of carbonyl (C=O) groups excluding carboxylic acids is 1. The van der Waals surface area contributed by atoms with Crippen molar-refractivity contribution in [2.24, 2.45) is 15.1 Å². The second kappa shape index (κ2) is 6.95. The van der Waals surface area contributed by atoms with Gasteiger partial charge < -0.3 is 15.7 Å². The monoisotopic (exact) mass is 462 g/mol. The topological polar surface area (TPSA) is 102 Å². The van der Waals surface area contributed by atoms with E-state index in [2.05, 4.69) is 25.7 Å². The maximum Gasteiger partial charge on any atom is 0.417 e. The van der Waals surface area contributed by atoms with Gasteiger partial charge in [-0.2, -0.15) is 13.2 Å². The first kappa shape index (κ1) is 21.7. The number of alkyl halides is 3. The van der Waals surface area contributed by atoms with Gasteiger partial charge in [0.1, 0.15) is 6.21 Å². The smallest absolute Gasteiger partial charge is 0.380 e. The minimum atomic E-state index is -4.69. The molecule has 0 spiro atoms. The van der Waals surface area contributed by atoms with Crippen LogP contribution in [0.2, 0.25) is 0 Å². The Hall–Kier alpha value is -3.09. The van der Waals surface area contributed by atoms with Gasteiger partial charge in [-0.3, -0.25) is 9.79 Å². The van der Waals surface area contributed by atoms with E-state index in [9.17, 15) is 23.1 Å². The third-order valence-corrected chi connectivity index (χ3v) is 6.65. The highest BCUT2D eigenvalue weighted by Gasteiger charge is 2.58. The Bertz CT molecular complexity index is 1150. The van der Waals surface area contributed by atoms with Gasteiger partial charge in [0.2, 0.25) is 5.91 Å². The number of aliphatic hydroxyl groups is 1. The zero-order valence-corrected chi connectivity index (χ0v) is 18.0. The highest BCUT2D eigenvalue weighted by molar-refractivity contribution is 6.30. The summed E-state index contributed by atoms with van der Waals surface area (Å²) in [5.74, 6) is 0.594. The van der Waals surface area contributed by atoms with Crippen molar-refractivity contribution < 1.29 is 27.8 Å². The fourth-order valence-corrected chi connectivity index (χ4v) is 4.47. The number of amidine groups is 1. The summed E-state index contributed by atoms with van der Waals surface area (Å²) < 4.78 is 39.5. The van der Waals surface area contributed by atoms with Crippen molar-refractivity contribution in [3.05, 3.63) is 36.2 Å². The van der Waals surface area contributed by atoms with E-state index >= 15 is 0 Å². The first-order valence-electron chi connectivity index (χ1n) is 10.5. The van der Waals surface area contributed by atoms with Crippen molar-refractivity contribution in [2.75, 3.05) is 23.7 Å². The van der Waals surface area contributed by atoms with Gasteiger partial charge in [0, 0.05) is 24.2 Å². The van der Waals surface area contributed by atoms with E-state index < -0.39 is 30.0 Å². The average Bonchev–Trinajstić information content (AvgIpc) is 3.22. The van der Waals surface area contributed by atoms with Crippen molar-refractivity contribution in [3.8, 4) is 0 Å². The molecule has 1 amide bonds. The Balaban J connectivity index is 1.39. The lowest BCUT2D eigenvalue weighted by molar-refractivity contribution is -0.919. The van der Waals surface area contributed by atoms with Crippen LogP contribution >= 0.6 is 0 Å². The van der Waals surface area contributed by atoms with Crippen LogP contribution in [-0.4, -0.2) is 63.6 Å². The SMILES string of the molecule is CC1(C)C(=O)Nc2cc(NC3=N[N+]4(N5CCC(O)(C(F)(F)F)CC5)C=CN=CC4=N3)ccc21. The predicted octanol–water partition coefficient (Wildman–Crippen LogP) is 2.69. The number of hydrogen-bond donors (Lipinski definition) is 3. The Morgan fingerprint density at radius 2 is 1.97 bits per heavy atom. The van der Waals surface area contributed by atoms with Gasteiger partial charge in [-0.1, -0.05) is 6.07 Å². The number of nitrogens with zero attached hydrogens (tertiary/aromatic N) is 5. The largest absolute Gasteiger partial charge is 0.417 e. The fraction of sp³-hybridized carbons (Fsp3) is 0.429. The van der Waals surface area contributed by atoms with Crippen LogP contribution in [-0.2, 0) is 10.2 Å². The standard InChI is InChI=1S/C21H22F3N7O2/c1-19(2)14-4-3-13(11-15(14)27-17(19)32)26-18-28-16-12-25-7-10-31(16,29-18)30-8-5-20(33,6-9-30)21(22,23)24/h3-4,7,10-12,33H,5-6,8-9H2,1-2H3,(H-,26,27,29,32)/p+1. The Labute approximate surface area is 187 Å². The second-order valence-electron chi connectivity index (χ2n) is 9.07. The summed E-state index contributed by atoms with van der Waals surface area (Å²) in [5.41, 5.74) is -1.09. The van der Waals surface area contributed by atoms with Crippen LogP contribution in [0.4, 0.5) is 24.5 Å². The molecule has 0 bridgehead atoms. The lowest BCUT2D eigenvalue weighted by atomic mass is 9.86. The molecule has 0 aliphatic carbocycles. The number of piperidine rings is 1. The summed E-state index contributed by atoms with van der Waals surface area (Å²) >= 11 is 0. The number of fused-ring (bicyclic) bond motifs is 2. The van der Waals surface area contributed by atoms with E-state index in [0.717, 1.165) is 5.56 Å². The average molecular weight is 462 g/mol. The number of aliphatic imine (C=N–C) groups is 2. The Kier molecular flexibility index (Phi) is 4.58. The molecule has 9 nitrogen and oxygen atoms in total. The number of halogens is 3. The highest BCUT2D eigenvalue weighted by Crippen LogP contribution is 2.41. The van der Waals surface area contributed by atoms with E-state index in [0.29, 0.717) is 17.2 Å². The quantitative estimate of drug-likeness (QED) is 0.589.